The van der Waals surface area contributed by atoms with E-state index in [0.29, 0.717) is 30.0 Å². The maximum Gasteiger partial charge on any atom is 0.265 e. The van der Waals surface area contributed by atoms with E-state index in [1.165, 1.54) is 4.31 Å². The summed E-state index contributed by atoms with van der Waals surface area (Å²) >= 11 is 0. The minimum Gasteiger partial charge on any atom is -0.352 e. The van der Waals surface area contributed by atoms with Crippen LogP contribution < -0.4 is 9.62 Å². The van der Waals surface area contributed by atoms with Crippen molar-refractivity contribution >= 4 is 38.3 Å². The first kappa shape index (κ1) is 26.2. The highest BCUT2D eigenvalue weighted by Gasteiger charge is 2.36. The summed E-state index contributed by atoms with van der Waals surface area (Å²) in [6.07, 6.45) is 5.21. The number of nitrogens with one attached hydrogen (secondary N) is 1. The van der Waals surface area contributed by atoms with Crippen LogP contribution in [0, 0.1) is 0 Å². The van der Waals surface area contributed by atoms with Gasteiger partial charge in [-0.3, -0.25) is 13.9 Å². The van der Waals surface area contributed by atoms with Crippen molar-refractivity contribution in [2.45, 2.75) is 75.4 Å². The number of hydrogen-bond donors (Lipinski definition) is 1. The molecule has 0 radical (unpaired) electrons. The lowest BCUT2D eigenvalue weighted by atomic mass is 10.1. The molecule has 0 bridgehead atoms. The molecule has 3 aromatic rings. The Labute approximate surface area is 224 Å². The number of carbonyl (C=O) groups excluding carboxylic acids is 2. The fourth-order valence-corrected chi connectivity index (χ4v) is 7.53. The van der Waals surface area contributed by atoms with Gasteiger partial charge in [0.1, 0.15) is 6.04 Å². The second kappa shape index (κ2) is 11.2. The molecule has 0 saturated heterocycles. The van der Waals surface area contributed by atoms with Crippen LogP contribution >= 0.6 is 0 Å². The highest BCUT2D eigenvalue weighted by Crippen LogP contribution is 2.42. The Morgan fingerprint density at radius 2 is 1.71 bits per heavy atom. The summed E-state index contributed by atoms with van der Waals surface area (Å²) in [6.45, 7) is 2.47. The highest BCUT2D eigenvalue weighted by atomic mass is 32.2. The number of nitrogens with zero attached hydrogens (tertiary/aromatic N) is 2. The van der Waals surface area contributed by atoms with Crippen molar-refractivity contribution in [3.8, 4) is 0 Å². The molecule has 1 aliphatic heterocycles. The van der Waals surface area contributed by atoms with Crippen LogP contribution in [0.1, 0.15) is 57.4 Å². The molecule has 2 amide bonds. The zero-order valence-corrected chi connectivity index (χ0v) is 22.6. The van der Waals surface area contributed by atoms with E-state index >= 15 is 0 Å². The summed E-state index contributed by atoms with van der Waals surface area (Å²) in [7, 11) is -3.67. The molecular weight excluding hydrogens is 498 g/mol. The third-order valence-electron chi connectivity index (χ3n) is 7.72. The topological polar surface area (TPSA) is 86.8 Å². The van der Waals surface area contributed by atoms with Crippen LogP contribution in [-0.4, -0.2) is 43.8 Å². The molecule has 7 nitrogen and oxygen atoms in total. The van der Waals surface area contributed by atoms with Crippen molar-refractivity contribution in [2.75, 3.05) is 10.8 Å². The third kappa shape index (κ3) is 5.14. The van der Waals surface area contributed by atoms with E-state index in [0.717, 1.165) is 42.0 Å². The molecule has 1 atom stereocenters. The molecule has 0 aromatic heterocycles. The van der Waals surface area contributed by atoms with Gasteiger partial charge in [0.25, 0.3) is 10.0 Å². The van der Waals surface area contributed by atoms with Crippen LogP contribution in [0.25, 0.3) is 10.8 Å². The lowest BCUT2D eigenvalue weighted by Gasteiger charge is -2.32. The van der Waals surface area contributed by atoms with Crippen molar-refractivity contribution in [1.29, 1.82) is 0 Å². The second-order valence-electron chi connectivity index (χ2n) is 10.2. The van der Waals surface area contributed by atoms with E-state index in [4.69, 9.17) is 0 Å². The zero-order valence-electron chi connectivity index (χ0n) is 21.8. The SMILES string of the molecule is CC[C@H](C(=O)NC1CCCC1)N(Cc1ccccc1)C(=O)CCCN1c2cccc3cccc(c23)S1(=O)=O. The third-order valence-corrected chi connectivity index (χ3v) is 9.57. The molecule has 1 fully saturated rings. The van der Waals surface area contributed by atoms with E-state index in [-0.39, 0.29) is 30.8 Å². The molecule has 1 saturated carbocycles. The summed E-state index contributed by atoms with van der Waals surface area (Å²) in [4.78, 5) is 28.9. The minimum atomic E-state index is -3.67. The first-order valence-corrected chi connectivity index (χ1v) is 15.0. The van der Waals surface area contributed by atoms with Gasteiger partial charge in [-0.15, -0.1) is 0 Å². The van der Waals surface area contributed by atoms with E-state index in [1.54, 1.807) is 17.0 Å². The lowest BCUT2D eigenvalue weighted by Crippen LogP contribution is -2.51. The van der Waals surface area contributed by atoms with Gasteiger partial charge in [0.05, 0.1) is 10.6 Å². The molecule has 38 heavy (non-hydrogen) atoms. The van der Waals surface area contributed by atoms with Crippen molar-refractivity contribution < 1.29 is 18.0 Å². The van der Waals surface area contributed by atoms with E-state index in [2.05, 4.69) is 5.32 Å². The Bertz CT molecular complexity index is 1410. The van der Waals surface area contributed by atoms with Crippen LogP contribution in [0.4, 0.5) is 5.69 Å². The molecule has 0 unspecified atom stereocenters. The number of hydrogen-bond acceptors (Lipinski definition) is 4. The van der Waals surface area contributed by atoms with Gasteiger partial charge < -0.3 is 10.2 Å². The summed E-state index contributed by atoms with van der Waals surface area (Å²) in [5.74, 6) is -0.248. The Balaban J connectivity index is 1.31. The maximum absolute atomic E-state index is 13.6. The van der Waals surface area contributed by atoms with Crippen molar-refractivity contribution in [1.82, 2.24) is 10.2 Å². The van der Waals surface area contributed by atoms with Gasteiger partial charge in [0.2, 0.25) is 11.8 Å². The van der Waals surface area contributed by atoms with Gasteiger partial charge in [0.15, 0.2) is 0 Å². The van der Waals surface area contributed by atoms with Gasteiger partial charge in [-0.2, -0.15) is 0 Å². The van der Waals surface area contributed by atoms with Crippen LogP contribution in [-0.2, 0) is 26.2 Å². The monoisotopic (exact) mass is 533 g/mol. The van der Waals surface area contributed by atoms with Crippen LogP contribution in [0.2, 0.25) is 0 Å². The second-order valence-corrected chi connectivity index (χ2v) is 12.1. The average Bonchev–Trinajstić information content (AvgIpc) is 3.50. The zero-order chi connectivity index (χ0) is 26.7. The van der Waals surface area contributed by atoms with Crippen LogP contribution in [0.5, 0.6) is 0 Å². The predicted octanol–water partition coefficient (Wildman–Crippen LogP) is 4.99. The van der Waals surface area contributed by atoms with Crippen molar-refractivity contribution in [3.63, 3.8) is 0 Å². The first-order valence-electron chi connectivity index (χ1n) is 13.6. The smallest absolute Gasteiger partial charge is 0.265 e. The molecule has 0 spiro atoms. The number of amides is 2. The maximum atomic E-state index is 13.6. The van der Waals surface area contributed by atoms with Crippen molar-refractivity contribution in [3.05, 3.63) is 72.3 Å². The molecule has 200 valence electrons. The predicted molar refractivity (Wildman–Crippen MR) is 149 cm³/mol. The molecule has 1 N–H and O–H groups in total. The molecule has 5 rings (SSSR count). The fourth-order valence-electron chi connectivity index (χ4n) is 5.78. The number of sulfonamides is 1. The number of benzene rings is 3. The van der Waals surface area contributed by atoms with E-state index in [9.17, 15) is 18.0 Å². The van der Waals surface area contributed by atoms with Gasteiger partial charge in [-0.1, -0.05) is 74.4 Å². The molecular formula is C30H35N3O4S. The summed E-state index contributed by atoms with van der Waals surface area (Å²) < 4.78 is 28.0. The van der Waals surface area contributed by atoms with E-state index in [1.807, 2.05) is 61.5 Å². The normalized spacial score (nSPS) is 17.0. The minimum absolute atomic E-state index is 0.104. The molecule has 1 heterocycles. The van der Waals surface area contributed by atoms with Gasteiger partial charge in [0, 0.05) is 30.9 Å². The molecule has 2 aliphatic rings. The quantitative estimate of drug-likeness (QED) is 0.398. The standard InChI is InChI=1S/C30H35N3O4S/c1-2-25(30(35)31-24-15-6-7-16-24)32(21-22-11-4-3-5-12-22)28(34)19-10-20-33-26-17-8-13-23-14-9-18-27(29(23)26)38(33,36)37/h3-5,8-9,11-14,17-18,24-25H,2,6-7,10,15-16,19-21H2,1H3,(H,31,35)/t25-/m1/s1. The van der Waals surface area contributed by atoms with Gasteiger partial charge in [-0.25, -0.2) is 8.42 Å². The average molecular weight is 534 g/mol. The number of carbonyl (C=O) groups is 2. The molecule has 1 aliphatic carbocycles. The number of rotatable bonds is 10. The Morgan fingerprint density at radius 3 is 2.42 bits per heavy atom. The van der Waals surface area contributed by atoms with Crippen LogP contribution in [0.15, 0.2) is 71.6 Å². The summed E-state index contributed by atoms with van der Waals surface area (Å²) in [5.41, 5.74) is 1.62. The Kier molecular flexibility index (Phi) is 7.70. The first-order chi connectivity index (χ1) is 18.4. The molecule has 8 heteroatoms. The summed E-state index contributed by atoms with van der Waals surface area (Å²) in [5, 5.41) is 4.79. The molecule has 3 aromatic carbocycles. The van der Waals surface area contributed by atoms with Crippen molar-refractivity contribution in [2.24, 2.45) is 0 Å². The largest absolute Gasteiger partial charge is 0.352 e. The Morgan fingerprint density at radius 1 is 1.00 bits per heavy atom. The fraction of sp³-hybridized carbons (Fsp3) is 0.400. The van der Waals surface area contributed by atoms with Gasteiger partial charge in [-0.05, 0) is 48.8 Å². The lowest BCUT2D eigenvalue weighted by molar-refractivity contribution is -0.141. The Hall–Kier alpha value is -3.39. The van der Waals surface area contributed by atoms with E-state index < -0.39 is 16.1 Å². The highest BCUT2D eigenvalue weighted by molar-refractivity contribution is 7.93. The summed E-state index contributed by atoms with van der Waals surface area (Å²) in [6, 6.07) is 20.2. The van der Waals surface area contributed by atoms with Crippen LogP contribution in [0.3, 0.4) is 0 Å². The van der Waals surface area contributed by atoms with Gasteiger partial charge >= 0.3 is 0 Å². The number of anilines is 1.